The number of halogens is 2. The lowest BCUT2D eigenvalue weighted by Gasteiger charge is -2.50. The van der Waals surface area contributed by atoms with E-state index in [2.05, 4.69) is 15.3 Å². The summed E-state index contributed by atoms with van der Waals surface area (Å²) >= 11 is 0. The smallest absolute Gasteiger partial charge is 0.249 e. The maximum absolute atomic E-state index is 12.9. The first-order valence-corrected chi connectivity index (χ1v) is 9.35. The minimum Gasteiger partial charge on any atom is -0.372 e. The van der Waals surface area contributed by atoms with Crippen LogP contribution in [0, 0.1) is 11.8 Å². The number of likely N-dealkylation sites (tertiary alicyclic amines) is 1. The molecule has 0 aromatic carbocycles. The Labute approximate surface area is 151 Å². The van der Waals surface area contributed by atoms with Gasteiger partial charge in [-0.1, -0.05) is 0 Å². The van der Waals surface area contributed by atoms with Gasteiger partial charge < -0.3 is 10.1 Å². The van der Waals surface area contributed by atoms with E-state index in [0.29, 0.717) is 12.5 Å². The normalized spacial score (nSPS) is 27.3. The highest BCUT2D eigenvalue weighted by Gasteiger charge is 2.52. The van der Waals surface area contributed by atoms with Crippen LogP contribution in [0.1, 0.15) is 31.2 Å². The Morgan fingerprint density at radius 1 is 1.42 bits per heavy atom. The minimum atomic E-state index is -2.64. The maximum atomic E-state index is 12.9. The van der Waals surface area contributed by atoms with Gasteiger partial charge in [-0.05, 0) is 18.8 Å². The molecule has 3 heterocycles. The minimum absolute atomic E-state index is 0.101. The molecule has 1 amide bonds. The van der Waals surface area contributed by atoms with E-state index in [9.17, 15) is 13.6 Å². The lowest BCUT2D eigenvalue weighted by Crippen LogP contribution is -2.64. The first-order valence-electron chi connectivity index (χ1n) is 9.35. The van der Waals surface area contributed by atoms with E-state index in [-0.39, 0.29) is 24.3 Å². The van der Waals surface area contributed by atoms with Gasteiger partial charge in [0.25, 0.3) is 0 Å². The molecule has 2 aliphatic heterocycles. The quantitative estimate of drug-likeness (QED) is 0.828. The molecule has 1 aromatic heterocycles. The number of carbonyl (C=O) groups is 1. The fourth-order valence-corrected chi connectivity index (χ4v) is 4.54. The van der Waals surface area contributed by atoms with Gasteiger partial charge in [0.2, 0.25) is 11.8 Å². The second-order valence-electron chi connectivity index (χ2n) is 8.11. The first-order chi connectivity index (χ1) is 12.4. The molecule has 1 spiro atoms. The van der Waals surface area contributed by atoms with Gasteiger partial charge in [0.05, 0.1) is 11.8 Å². The van der Waals surface area contributed by atoms with Gasteiger partial charge in [-0.25, -0.2) is 8.78 Å². The highest BCUT2D eigenvalue weighted by molar-refractivity contribution is 5.79. The van der Waals surface area contributed by atoms with Gasteiger partial charge in [-0.15, -0.1) is 0 Å². The molecule has 1 saturated carbocycles. The van der Waals surface area contributed by atoms with Crippen molar-refractivity contribution in [3.05, 3.63) is 18.0 Å². The van der Waals surface area contributed by atoms with Crippen molar-refractivity contribution in [2.45, 2.75) is 43.8 Å². The summed E-state index contributed by atoms with van der Waals surface area (Å²) in [6.45, 7) is 3.97. The van der Waals surface area contributed by atoms with E-state index >= 15 is 0 Å². The second-order valence-corrected chi connectivity index (χ2v) is 8.11. The second kappa shape index (κ2) is 6.56. The van der Waals surface area contributed by atoms with E-state index in [0.717, 1.165) is 39.1 Å². The molecule has 3 aliphatic rings. The molecule has 1 atom stereocenters. The van der Waals surface area contributed by atoms with E-state index < -0.39 is 11.8 Å². The van der Waals surface area contributed by atoms with Gasteiger partial charge in [0.15, 0.2) is 0 Å². The number of hydrogen-bond donors (Lipinski definition) is 1. The molecule has 144 valence electrons. The van der Waals surface area contributed by atoms with Crippen LogP contribution in [0.4, 0.5) is 8.78 Å². The zero-order valence-electron chi connectivity index (χ0n) is 15.1. The topological polar surface area (TPSA) is 59.4 Å². The van der Waals surface area contributed by atoms with Gasteiger partial charge in [0.1, 0.15) is 0 Å². The lowest BCUT2D eigenvalue weighted by atomic mass is 9.78. The Balaban J connectivity index is 1.20. The number of carbonyl (C=O) groups excluding carboxylic acids is 1. The average Bonchev–Trinajstić information content (AvgIpc) is 3.11. The molecule has 26 heavy (non-hydrogen) atoms. The maximum Gasteiger partial charge on any atom is 0.249 e. The standard InChI is InChI=1S/C18H26F2N4O2/c1-23-9-13(8-22-23)10-24-11-17(12-24)15(3-5-26-17)2-4-21-16(25)14-6-18(19,20)7-14/h8-9,14-15H,2-7,10-12H2,1H3,(H,21,25)/t15-/m0/s1. The average molecular weight is 368 g/mol. The fourth-order valence-electron chi connectivity index (χ4n) is 4.54. The molecule has 0 unspecified atom stereocenters. The summed E-state index contributed by atoms with van der Waals surface area (Å²) < 4.78 is 33.6. The zero-order valence-corrected chi connectivity index (χ0v) is 15.1. The molecule has 1 aliphatic carbocycles. The Hall–Kier alpha value is -1.54. The molecule has 1 aromatic rings. The van der Waals surface area contributed by atoms with E-state index in [1.165, 1.54) is 5.56 Å². The van der Waals surface area contributed by atoms with Crippen LogP contribution in [0.2, 0.25) is 0 Å². The Morgan fingerprint density at radius 2 is 2.19 bits per heavy atom. The number of aryl methyl sites for hydroxylation is 1. The van der Waals surface area contributed by atoms with Crippen molar-refractivity contribution in [1.82, 2.24) is 20.0 Å². The predicted molar refractivity (Wildman–Crippen MR) is 90.6 cm³/mol. The van der Waals surface area contributed by atoms with E-state index in [4.69, 9.17) is 4.74 Å². The van der Waals surface area contributed by atoms with Crippen molar-refractivity contribution < 1.29 is 18.3 Å². The van der Waals surface area contributed by atoms with Crippen molar-refractivity contribution >= 4 is 5.91 Å². The van der Waals surface area contributed by atoms with Crippen molar-refractivity contribution in [3.63, 3.8) is 0 Å². The molecular formula is C18H26F2N4O2. The van der Waals surface area contributed by atoms with Gasteiger partial charge in [0, 0.05) is 70.4 Å². The van der Waals surface area contributed by atoms with Crippen molar-refractivity contribution in [2.24, 2.45) is 18.9 Å². The third-order valence-electron chi connectivity index (χ3n) is 6.00. The van der Waals surface area contributed by atoms with Crippen LogP contribution in [0.15, 0.2) is 12.4 Å². The molecule has 0 bridgehead atoms. The summed E-state index contributed by atoms with van der Waals surface area (Å²) in [6.07, 6.45) is 5.14. The first kappa shape index (κ1) is 17.9. The predicted octanol–water partition coefficient (Wildman–Crippen LogP) is 1.56. The van der Waals surface area contributed by atoms with Crippen molar-refractivity contribution in [1.29, 1.82) is 0 Å². The van der Waals surface area contributed by atoms with Gasteiger partial charge in [-0.3, -0.25) is 14.4 Å². The van der Waals surface area contributed by atoms with Crippen LogP contribution in [-0.2, 0) is 23.1 Å². The van der Waals surface area contributed by atoms with Crippen LogP contribution in [0.5, 0.6) is 0 Å². The molecule has 1 N–H and O–H groups in total. The highest BCUT2D eigenvalue weighted by Crippen LogP contribution is 2.43. The van der Waals surface area contributed by atoms with Crippen LogP contribution >= 0.6 is 0 Å². The summed E-state index contributed by atoms with van der Waals surface area (Å²) in [7, 11) is 1.91. The summed E-state index contributed by atoms with van der Waals surface area (Å²) in [6, 6.07) is 0. The number of alkyl halides is 2. The van der Waals surface area contributed by atoms with Gasteiger partial charge >= 0.3 is 0 Å². The summed E-state index contributed by atoms with van der Waals surface area (Å²) in [5.74, 6) is -2.97. The number of nitrogens with one attached hydrogen (secondary N) is 1. The monoisotopic (exact) mass is 368 g/mol. The molecular weight excluding hydrogens is 342 g/mol. The van der Waals surface area contributed by atoms with Crippen molar-refractivity contribution in [3.8, 4) is 0 Å². The molecule has 2 saturated heterocycles. The summed E-state index contributed by atoms with van der Waals surface area (Å²) in [5.41, 5.74) is 1.10. The third kappa shape index (κ3) is 3.49. The summed E-state index contributed by atoms with van der Waals surface area (Å²) in [4.78, 5) is 14.2. The molecule has 4 rings (SSSR count). The number of rotatable bonds is 6. The Bertz CT molecular complexity index is 664. The summed E-state index contributed by atoms with van der Waals surface area (Å²) in [5, 5.41) is 7.03. The van der Waals surface area contributed by atoms with E-state index in [1.54, 1.807) is 4.68 Å². The van der Waals surface area contributed by atoms with Crippen LogP contribution in [0.3, 0.4) is 0 Å². The van der Waals surface area contributed by atoms with E-state index in [1.807, 2.05) is 19.4 Å². The largest absolute Gasteiger partial charge is 0.372 e. The number of hydrogen-bond acceptors (Lipinski definition) is 4. The van der Waals surface area contributed by atoms with Gasteiger partial charge in [-0.2, -0.15) is 5.10 Å². The molecule has 6 nitrogen and oxygen atoms in total. The SMILES string of the molecule is Cn1cc(CN2CC3(C2)OCC[C@@H]3CCNC(=O)C2CC(F)(F)C2)cn1. The number of amides is 1. The molecule has 3 fully saturated rings. The zero-order chi connectivity index (χ0) is 18.4. The molecule has 0 radical (unpaired) electrons. The number of aromatic nitrogens is 2. The Kier molecular flexibility index (Phi) is 4.51. The van der Waals surface area contributed by atoms with Crippen LogP contribution < -0.4 is 5.32 Å². The molecule has 8 heteroatoms. The Morgan fingerprint density at radius 3 is 2.85 bits per heavy atom. The van der Waals surface area contributed by atoms with Crippen LogP contribution in [-0.4, -0.2) is 58.4 Å². The third-order valence-corrected chi connectivity index (χ3v) is 6.00. The number of nitrogens with zero attached hydrogens (tertiary/aromatic N) is 3. The highest BCUT2D eigenvalue weighted by atomic mass is 19.3. The lowest BCUT2D eigenvalue weighted by molar-refractivity contribution is -0.150. The van der Waals surface area contributed by atoms with Crippen molar-refractivity contribution in [2.75, 3.05) is 26.2 Å². The number of ether oxygens (including phenoxy) is 1. The fraction of sp³-hybridized carbons (Fsp3) is 0.778. The van der Waals surface area contributed by atoms with Crippen LogP contribution in [0.25, 0.3) is 0 Å².